The minimum absolute atomic E-state index is 0.0730. The van der Waals surface area contributed by atoms with Crippen LogP contribution >= 0.6 is 23.4 Å². The number of halogens is 1. The maximum atomic E-state index is 14.0. The van der Waals surface area contributed by atoms with Crippen molar-refractivity contribution in [2.24, 2.45) is 23.7 Å². The first-order chi connectivity index (χ1) is 31.0. The molecule has 0 spiro atoms. The van der Waals surface area contributed by atoms with Gasteiger partial charge in [-0.1, -0.05) is 48.7 Å². The number of allylic oxidation sites excluding steroid dienone is 2. The Kier molecular flexibility index (Phi) is 18.3. The number of Topliss-reactive ketones (excluding diaryl/α,β-unsaturated/α-hetero) is 1. The van der Waals surface area contributed by atoms with Crippen molar-refractivity contribution in [3.05, 3.63) is 112 Å². The van der Waals surface area contributed by atoms with Crippen molar-refractivity contribution in [3.8, 4) is 17.2 Å². The quantitative estimate of drug-likeness (QED) is 0.0487. The number of thioether (sulfide) groups is 1. The van der Waals surface area contributed by atoms with E-state index < -0.39 is 17.4 Å². The van der Waals surface area contributed by atoms with Crippen LogP contribution in [0.2, 0.25) is 0 Å². The number of hydrogen-bond donors (Lipinski definition) is 0. The Labute approximate surface area is 390 Å². The van der Waals surface area contributed by atoms with Crippen LogP contribution in [0.4, 0.5) is 5.69 Å². The Bertz CT molecular complexity index is 2250. The van der Waals surface area contributed by atoms with Gasteiger partial charge in [-0.05, 0) is 144 Å². The molecule has 3 aromatic carbocycles. The molecular formula is C51H58ClNO11S. The van der Waals surface area contributed by atoms with Crippen LogP contribution in [-0.2, 0) is 39.9 Å². The molecule has 65 heavy (non-hydrogen) atoms. The van der Waals surface area contributed by atoms with Crippen LogP contribution in [-0.4, -0.2) is 68.4 Å². The highest BCUT2D eigenvalue weighted by atomic mass is 35.5. The molecule has 0 N–H and O–H groups in total. The second-order valence-electron chi connectivity index (χ2n) is 17.2. The third-order valence-corrected chi connectivity index (χ3v) is 12.5. The maximum absolute atomic E-state index is 14.0. The normalized spacial score (nSPS) is 18.6. The summed E-state index contributed by atoms with van der Waals surface area (Å²) in [5, 5.41) is 0. The number of amides is 1. The molecule has 2 aliphatic carbocycles. The lowest BCUT2D eigenvalue weighted by Gasteiger charge is -2.36. The van der Waals surface area contributed by atoms with Crippen LogP contribution in [0.1, 0.15) is 93.6 Å². The molecule has 2 fully saturated rings. The summed E-state index contributed by atoms with van der Waals surface area (Å²) >= 11 is 6.75. The van der Waals surface area contributed by atoms with Crippen molar-refractivity contribution >= 4 is 70.5 Å². The number of ketones is 2. The molecule has 0 heterocycles. The molecule has 3 aromatic rings. The smallest absolute Gasteiger partial charge is 0.314 e. The summed E-state index contributed by atoms with van der Waals surface area (Å²) in [6, 6.07) is 18.8. The van der Waals surface area contributed by atoms with E-state index in [-0.39, 0.29) is 75.2 Å². The Morgan fingerprint density at radius 1 is 0.723 bits per heavy atom. The van der Waals surface area contributed by atoms with Gasteiger partial charge in [-0.3, -0.25) is 28.8 Å². The minimum atomic E-state index is -0.608. The Hall–Kier alpha value is -5.50. The summed E-state index contributed by atoms with van der Waals surface area (Å²) in [4.78, 5) is 80.5. The molecule has 0 saturated heterocycles. The Morgan fingerprint density at radius 3 is 1.83 bits per heavy atom. The second kappa shape index (κ2) is 23.6. The lowest BCUT2D eigenvalue weighted by molar-refractivity contribution is -0.153. The van der Waals surface area contributed by atoms with Crippen LogP contribution in [0, 0.1) is 23.7 Å². The predicted octanol–water partition coefficient (Wildman–Crippen LogP) is 10.1. The lowest BCUT2D eigenvalue weighted by atomic mass is 9.79. The highest BCUT2D eigenvalue weighted by Gasteiger charge is 2.34. The lowest BCUT2D eigenvalue weighted by Crippen LogP contribution is -2.46. The first-order valence-corrected chi connectivity index (χ1v) is 22.9. The van der Waals surface area contributed by atoms with Gasteiger partial charge in [0.15, 0.2) is 5.78 Å². The standard InChI is InChI=1S/C51H58ClNO11S/c1-32(65-33(2)52)44(54)26-20-40-31-43(61-7)25-27-46(40)64-50(59)39-14-12-35(13-15-39)45(55)30-34-8-10-36(11-9-34)47(56)53(51(3,4)5)41-21-23-42(24-22-41)63-49(58)38-18-16-37(17-19-38)48(57)62-29-28-60-6/h8-11,20-27,31,35,37-39H,1-2,12-19,28-30H2,3-7H3/b26-20+. The topological polar surface area (TPSA) is 152 Å². The summed E-state index contributed by atoms with van der Waals surface area (Å²) in [5.41, 5.74) is 1.72. The second-order valence-corrected chi connectivity index (χ2v) is 19.1. The van der Waals surface area contributed by atoms with Crippen LogP contribution in [0.25, 0.3) is 6.08 Å². The molecule has 1 amide bonds. The number of hydrogen-bond acceptors (Lipinski definition) is 12. The number of benzene rings is 3. The fourth-order valence-electron chi connectivity index (χ4n) is 7.98. The van der Waals surface area contributed by atoms with E-state index in [1.807, 2.05) is 20.8 Å². The number of anilines is 1. The molecule has 2 saturated carbocycles. The van der Waals surface area contributed by atoms with E-state index in [2.05, 4.69) is 13.2 Å². The molecular weight excluding hydrogens is 870 g/mol. The molecule has 12 nitrogen and oxygen atoms in total. The van der Waals surface area contributed by atoms with Gasteiger partial charge in [-0.25, -0.2) is 0 Å². The molecule has 0 unspecified atom stereocenters. The molecule has 0 bridgehead atoms. The fourth-order valence-corrected chi connectivity index (χ4v) is 8.70. The summed E-state index contributed by atoms with van der Waals surface area (Å²) in [5.74, 6) is -1.55. The molecule has 14 heteroatoms. The number of rotatable bonds is 19. The van der Waals surface area contributed by atoms with Gasteiger partial charge in [0.25, 0.3) is 5.91 Å². The van der Waals surface area contributed by atoms with E-state index >= 15 is 0 Å². The van der Waals surface area contributed by atoms with Crippen LogP contribution < -0.4 is 19.1 Å². The summed E-state index contributed by atoms with van der Waals surface area (Å²) in [6.45, 7) is 13.6. The van der Waals surface area contributed by atoms with Crippen LogP contribution in [0.15, 0.2) is 95.2 Å². The number of ether oxygens (including phenoxy) is 5. The van der Waals surface area contributed by atoms with E-state index in [0.29, 0.717) is 86.3 Å². The van der Waals surface area contributed by atoms with Gasteiger partial charge in [0.1, 0.15) is 29.6 Å². The molecule has 0 atom stereocenters. The monoisotopic (exact) mass is 927 g/mol. The van der Waals surface area contributed by atoms with Gasteiger partial charge in [-0.15, -0.1) is 0 Å². The molecule has 0 aromatic heterocycles. The maximum Gasteiger partial charge on any atom is 0.314 e. The summed E-state index contributed by atoms with van der Waals surface area (Å²) in [7, 11) is 3.06. The zero-order chi connectivity index (χ0) is 47.3. The Balaban J connectivity index is 1.12. The number of esters is 3. The third-order valence-electron chi connectivity index (χ3n) is 11.6. The van der Waals surface area contributed by atoms with Gasteiger partial charge in [0.2, 0.25) is 0 Å². The van der Waals surface area contributed by atoms with Crippen molar-refractivity contribution in [3.63, 3.8) is 0 Å². The molecule has 0 radical (unpaired) electrons. The van der Waals surface area contributed by atoms with Crippen molar-refractivity contribution in [1.29, 1.82) is 0 Å². The summed E-state index contributed by atoms with van der Waals surface area (Å²) < 4.78 is 27.3. The highest BCUT2D eigenvalue weighted by molar-refractivity contribution is 8.08. The van der Waals surface area contributed by atoms with E-state index in [4.69, 9.17) is 35.3 Å². The van der Waals surface area contributed by atoms with Crippen molar-refractivity contribution in [1.82, 2.24) is 0 Å². The fraction of sp³-hybridized carbons (Fsp3) is 0.412. The van der Waals surface area contributed by atoms with Gasteiger partial charge >= 0.3 is 17.9 Å². The van der Waals surface area contributed by atoms with Crippen LogP contribution in [0.5, 0.6) is 17.2 Å². The summed E-state index contributed by atoms with van der Waals surface area (Å²) in [6.07, 6.45) is 7.27. The van der Waals surface area contributed by atoms with E-state index in [0.717, 1.165) is 17.3 Å². The SMILES string of the molecule is C=C(Cl)SC(=C)C(=O)/C=C/c1cc(OC)ccc1OC(=O)C1CCC(C(=O)Cc2ccc(C(=O)N(c3ccc(OC(=O)C4CCC(C(=O)OCCOC)CC4)cc3)C(C)(C)C)cc2)CC1. The number of carbonyl (C=O) groups excluding carboxylic acids is 6. The number of carbonyl (C=O) groups is 6. The third kappa shape index (κ3) is 14.5. The molecule has 0 aliphatic heterocycles. The van der Waals surface area contributed by atoms with Gasteiger partial charge in [-0.2, -0.15) is 0 Å². The van der Waals surface area contributed by atoms with Gasteiger partial charge in [0, 0.05) is 41.8 Å². The van der Waals surface area contributed by atoms with E-state index in [1.165, 1.54) is 19.3 Å². The van der Waals surface area contributed by atoms with Gasteiger partial charge < -0.3 is 28.6 Å². The van der Waals surface area contributed by atoms with E-state index in [9.17, 15) is 28.8 Å². The average Bonchev–Trinajstić information content (AvgIpc) is 3.28. The van der Waals surface area contributed by atoms with Crippen molar-refractivity contribution < 1.29 is 52.5 Å². The highest BCUT2D eigenvalue weighted by Crippen LogP contribution is 2.35. The van der Waals surface area contributed by atoms with Crippen molar-refractivity contribution in [2.45, 2.75) is 84.1 Å². The zero-order valence-electron chi connectivity index (χ0n) is 37.7. The Morgan fingerprint density at radius 2 is 1.28 bits per heavy atom. The molecule has 346 valence electrons. The molecule has 2 aliphatic rings. The van der Waals surface area contributed by atoms with E-state index in [1.54, 1.807) is 78.7 Å². The first kappa shape index (κ1) is 50.5. The number of methoxy groups -OCH3 is 2. The molecule has 5 rings (SSSR count). The number of nitrogens with zero attached hydrogens (tertiary/aromatic N) is 1. The average molecular weight is 929 g/mol. The minimum Gasteiger partial charge on any atom is -0.497 e. The first-order valence-electron chi connectivity index (χ1n) is 21.7. The van der Waals surface area contributed by atoms with Crippen LogP contribution in [0.3, 0.4) is 0 Å². The van der Waals surface area contributed by atoms with Crippen molar-refractivity contribution in [2.75, 3.05) is 32.3 Å². The zero-order valence-corrected chi connectivity index (χ0v) is 39.3. The largest absolute Gasteiger partial charge is 0.497 e. The van der Waals surface area contributed by atoms with Gasteiger partial charge in [0.05, 0.1) is 40.7 Å². The predicted molar refractivity (Wildman–Crippen MR) is 252 cm³/mol.